The van der Waals surface area contributed by atoms with Gasteiger partial charge in [-0.1, -0.05) is 11.6 Å². The SMILES string of the molecule is Nc1cc(C(F)F)c(Cl)nc1C=O. The van der Waals surface area contributed by atoms with E-state index in [1.807, 2.05) is 0 Å². The fourth-order valence-corrected chi connectivity index (χ4v) is 1.01. The Balaban J connectivity index is 3.28. The number of anilines is 1. The third kappa shape index (κ3) is 1.92. The summed E-state index contributed by atoms with van der Waals surface area (Å²) in [5, 5.41) is -0.397. The highest BCUT2D eigenvalue weighted by Gasteiger charge is 2.15. The standard InChI is InChI=1S/C7H5ClF2N2O/c8-6-3(7(9)10)1-4(11)5(2-13)12-6/h1-2,7H,11H2. The largest absolute Gasteiger partial charge is 0.397 e. The van der Waals surface area contributed by atoms with Gasteiger partial charge in [-0.25, -0.2) is 13.8 Å². The normalized spacial score (nSPS) is 10.5. The van der Waals surface area contributed by atoms with E-state index in [2.05, 4.69) is 4.98 Å². The first-order valence-electron chi connectivity index (χ1n) is 3.25. The zero-order valence-electron chi connectivity index (χ0n) is 6.30. The molecule has 1 aromatic heterocycles. The molecule has 3 nitrogen and oxygen atoms in total. The molecule has 0 amide bonds. The Morgan fingerprint density at radius 3 is 2.69 bits per heavy atom. The predicted octanol–water partition coefficient (Wildman–Crippen LogP) is 2.07. The maximum absolute atomic E-state index is 12.2. The quantitative estimate of drug-likeness (QED) is 0.595. The molecular formula is C7H5ClF2N2O. The zero-order valence-corrected chi connectivity index (χ0v) is 7.05. The predicted molar refractivity (Wildman–Crippen MR) is 44.0 cm³/mol. The zero-order chi connectivity index (χ0) is 10.0. The Morgan fingerprint density at radius 1 is 1.62 bits per heavy atom. The summed E-state index contributed by atoms with van der Waals surface area (Å²) in [6, 6.07) is 0.948. The number of rotatable bonds is 2. The highest BCUT2D eigenvalue weighted by molar-refractivity contribution is 6.30. The lowest BCUT2D eigenvalue weighted by Crippen LogP contribution is -2.00. The molecule has 1 heterocycles. The van der Waals surface area contributed by atoms with Crippen LogP contribution in [0.1, 0.15) is 22.5 Å². The summed E-state index contributed by atoms with van der Waals surface area (Å²) >= 11 is 5.37. The van der Waals surface area contributed by atoms with Gasteiger partial charge < -0.3 is 5.73 Å². The van der Waals surface area contributed by atoms with Gasteiger partial charge in [0.1, 0.15) is 10.8 Å². The average Bonchev–Trinajstić information content (AvgIpc) is 2.07. The molecule has 0 saturated heterocycles. The van der Waals surface area contributed by atoms with Crippen molar-refractivity contribution in [3.8, 4) is 0 Å². The molecular weight excluding hydrogens is 202 g/mol. The monoisotopic (exact) mass is 206 g/mol. The molecule has 0 unspecified atom stereocenters. The molecule has 13 heavy (non-hydrogen) atoms. The van der Waals surface area contributed by atoms with Gasteiger partial charge in [0.15, 0.2) is 6.29 Å². The summed E-state index contributed by atoms with van der Waals surface area (Å²) < 4.78 is 24.4. The summed E-state index contributed by atoms with van der Waals surface area (Å²) in [6.45, 7) is 0. The fourth-order valence-electron chi connectivity index (χ4n) is 0.783. The number of hydrogen-bond donors (Lipinski definition) is 1. The smallest absolute Gasteiger partial charge is 0.266 e. The molecule has 6 heteroatoms. The van der Waals surface area contributed by atoms with Gasteiger partial charge >= 0.3 is 0 Å². The first-order valence-corrected chi connectivity index (χ1v) is 3.63. The van der Waals surface area contributed by atoms with E-state index in [1.165, 1.54) is 0 Å². The van der Waals surface area contributed by atoms with Gasteiger partial charge in [-0.05, 0) is 6.07 Å². The Kier molecular flexibility index (Phi) is 2.77. The van der Waals surface area contributed by atoms with Crippen molar-refractivity contribution in [1.29, 1.82) is 0 Å². The van der Waals surface area contributed by atoms with Crippen molar-refractivity contribution in [2.24, 2.45) is 0 Å². The Bertz CT molecular complexity index is 344. The molecule has 0 aromatic carbocycles. The van der Waals surface area contributed by atoms with Crippen LogP contribution in [-0.4, -0.2) is 11.3 Å². The van der Waals surface area contributed by atoms with Crippen molar-refractivity contribution >= 4 is 23.6 Å². The van der Waals surface area contributed by atoms with Crippen molar-refractivity contribution in [2.45, 2.75) is 6.43 Å². The van der Waals surface area contributed by atoms with Gasteiger partial charge in [0.25, 0.3) is 6.43 Å². The molecule has 1 rings (SSSR count). The van der Waals surface area contributed by atoms with E-state index < -0.39 is 17.1 Å². The number of carbonyl (C=O) groups excluding carboxylic acids is 1. The maximum Gasteiger partial charge on any atom is 0.266 e. The number of alkyl halides is 2. The van der Waals surface area contributed by atoms with Crippen molar-refractivity contribution in [1.82, 2.24) is 4.98 Å². The lowest BCUT2D eigenvalue weighted by atomic mass is 10.2. The number of aldehydes is 1. The molecule has 0 bridgehead atoms. The third-order valence-electron chi connectivity index (χ3n) is 1.41. The number of carbonyl (C=O) groups is 1. The number of aromatic nitrogens is 1. The van der Waals surface area contributed by atoms with Crippen molar-refractivity contribution < 1.29 is 13.6 Å². The van der Waals surface area contributed by atoms with Crippen LogP contribution in [0, 0.1) is 0 Å². The molecule has 70 valence electrons. The van der Waals surface area contributed by atoms with Crippen molar-refractivity contribution in [2.75, 3.05) is 5.73 Å². The molecule has 0 radical (unpaired) electrons. The van der Waals surface area contributed by atoms with Gasteiger partial charge in [0, 0.05) is 0 Å². The Hall–Kier alpha value is -1.23. The number of nitrogens with two attached hydrogens (primary N) is 1. The summed E-state index contributed by atoms with van der Waals surface area (Å²) in [7, 11) is 0. The van der Waals surface area contributed by atoms with Crippen LogP contribution in [0.25, 0.3) is 0 Å². The van der Waals surface area contributed by atoms with E-state index >= 15 is 0 Å². The van der Waals surface area contributed by atoms with E-state index in [9.17, 15) is 13.6 Å². The molecule has 0 aliphatic carbocycles. The van der Waals surface area contributed by atoms with Crippen LogP contribution in [0.5, 0.6) is 0 Å². The minimum Gasteiger partial charge on any atom is -0.397 e. The van der Waals surface area contributed by atoms with Crippen LogP contribution in [0.3, 0.4) is 0 Å². The van der Waals surface area contributed by atoms with Crippen LogP contribution in [-0.2, 0) is 0 Å². The Morgan fingerprint density at radius 2 is 2.23 bits per heavy atom. The molecule has 0 aliphatic rings. The number of pyridine rings is 1. The summed E-state index contributed by atoms with van der Waals surface area (Å²) in [4.78, 5) is 13.7. The molecule has 0 atom stereocenters. The minimum absolute atomic E-state index is 0.102. The summed E-state index contributed by atoms with van der Waals surface area (Å²) in [5.74, 6) is 0. The van der Waals surface area contributed by atoms with E-state index in [0.717, 1.165) is 6.07 Å². The van der Waals surface area contributed by atoms with E-state index in [1.54, 1.807) is 0 Å². The second kappa shape index (κ2) is 3.66. The van der Waals surface area contributed by atoms with E-state index in [4.69, 9.17) is 17.3 Å². The highest BCUT2D eigenvalue weighted by atomic mass is 35.5. The van der Waals surface area contributed by atoms with Gasteiger partial charge in [-0.15, -0.1) is 0 Å². The molecule has 0 fully saturated rings. The van der Waals surface area contributed by atoms with Gasteiger partial charge in [-0.3, -0.25) is 4.79 Å². The van der Waals surface area contributed by atoms with Crippen molar-refractivity contribution in [3.05, 3.63) is 22.5 Å². The highest BCUT2D eigenvalue weighted by Crippen LogP contribution is 2.27. The van der Waals surface area contributed by atoms with Gasteiger partial charge in [-0.2, -0.15) is 0 Å². The van der Waals surface area contributed by atoms with E-state index in [-0.39, 0.29) is 11.4 Å². The van der Waals surface area contributed by atoms with E-state index in [0.29, 0.717) is 6.29 Å². The second-order valence-corrected chi connectivity index (χ2v) is 2.62. The number of hydrogen-bond acceptors (Lipinski definition) is 3. The van der Waals surface area contributed by atoms with Gasteiger partial charge in [0.2, 0.25) is 0 Å². The first kappa shape index (κ1) is 9.85. The van der Waals surface area contributed by atoms with Crippen molar-refractivity contribution in [3.63, 3.8) is 0 Å². The third-order valence-corrected chi connectivity index (χ3v) is 1.71. The number of nitrogen functional groups attached to an aromatic ring is 1. The van der Waals surface area contributed by atoms with Crippen LogP contribution in [0.2, 0.25) is 5.15 Å². The Labute approximate surface area is 77.5 Å². The van der Waals surface area contributed by atoms with Gasteiger partial charge in [0.05, 0.1) is 11.3 Å². The molecule has 0 aliphatic heterocycles. The lowest BCUT2D eigenvalue weighted by molar-refractivity contribution is 0.111. The molecule has 2 N–H and O–H groups in total. The lowest BCUT2D eigenvalue weighted by Gasteiger charge is -2.04. The van der Waals surface area contributed by atoms with Crippen LogP contribution >= 0.6 is 11.6 Å². The average molecular weight is 207 g/mol. The molecule has 1 aromatic rings. The topological polar surface area (TPSA) is 56.0 Å². The molecule has 0 spiro atoms. The van der Waals surface area contributed by atoms with Crippen LogP contribution in [0.4, 0.5) is 14.5 Å². The summed E-state index contributed by atoms with van der Waals surface area (Å²) in [6.07, 6.45) is -2.39. The summed E-state index contributed by atoms with van der Waals surface area (Å²) in [5.41, 5.74) is 4.55. The maximum atomic E-state index is 12.2. The number of halogens is 3. The first-order chi connectivity index (χ1) is 6.06. The minimum atomic E-state index is -2.75. The fraction of sp³-hybridized carbons (Fsp3) is 0.143. The number of nitrogens with zero attached hydrogens (tertiary/aromatic N) is 1. The van der Waals surface area contributed by atoms with Crippen LogP contribution in [0.15, 0.2) is 6.07 Å². The molecule has 0 saturated carbocycles. The van der Waals surface area contributed by atoms with Crippen LogP contribution < -0.4 is 5.73 Å². The second-order valence-electron chi connectivity index (χ2n) is 2.26.